The summed E-state index contributed by atoms with van der Waals surface area (Å²) in [6.07, 6.45) is 0.604. The van der Waals surface area contributed by atoms with E-state index in [4.69, 9.17) is 4.74 Å². The van der Waals surface area contributed by atoms with E-state index in [0.29, 0.717) is 6.04 Å². The first-order valence-corrected chi connectivity index (χ1v) is 5.04. The lowest BCUT2D eigenvalue weighted by molar-refractivity contribution is 0.0906. The lowest BCUT2D eigenvalue weighted by Gasteiger charge is -2.25. The number of aliphatic hydroxyl groups excluding tert-OH is 1. The maximum absolute atomic E-state index is 9.19. The van der Waals surface area contributed by atoms with Crippen LogP contribution in [0, 0.1) is 0 Å². The van der Waals surface area contributed by atoms with Crippen molar-refractivity contribution < 1.29 is 9.84 Å². The summed E-state index contributed by atoms with van der Waals surface area (Å²) in [6.45, 7) is 8.43. The smallest absolute Gasteiger partial charge is 0.0593 e. The van der Waals surface area contributed by atoms with Crippen LogP contribution in [0.25, 0.3) is 0 Å². The van der Waals surface area contributed by atoms with Crippen molar-refractivity contribution >= 4 is 0 Å². The zero-order chi connectivity index (χ0) is 10.3. The summed E-state index contributed by atoms with van der Waals surface area (Å²) in [5.41, 5.74) is 0. The molecule has 3 heteroatoms. The van der Waals surface area contributed by atoms with Crippen molar-refractivity contribution in [2.45, 2.75) is 39.3 Å². The fourth-order valence-electron chi connectivity index (χ4n) is 1.25. The molecule has 0 radical (unpaired) electrons. The van der Waals surface area contributed by atoms with Crippen molar-refractivity contribution in [2.24, 2.45) is 0 Å². The molecule has 0 aromatic carbocycles. The molecule has 0 aromatic heterocycles. The SMILES string of the molecule is CCOCCN(C)C(C)CC(C)O. The van der Waals surface area contributed by atoms with Gasteiger partial charge in [0.05, 0.1) is 12.7 Å². The van der Waals surface area contributed by atoms with E-state index in [2.05, 4.69) is 18.9 Å². The zero-order valence-corrected chi connectivity index (χ0v) is 9.29. The number of nitrogens with zero attached hydrogens (tertiary/aromatic N) is 1. The van der Waals surface area contributed by atoms with Crippen LogP contribution in [0.4, 0.5) is 0 Å². The van der Waals surface area contributed by atoms with Gasteiger partial charge < -0.3 is 14.7 Å². The number of likely N-dealkylation sites (N-methyl/N-ethyl adjacent to an activating group) is 1. The Bertz CT molecular complexity index is 117. The first kappa shape index (κ1) is 12.9. The Kier molecular flexibility index (Phi) is 7.23. The number of aliphatic hydroxyl groups is 1. The Hall–Kier alpha value is -0.120. The molecule has 0 spiro atoms. The van der Waals surface area contributed by atoms with Crippen LogP contribution in [0.3, 0.4) is 0 Å². The maximum Gasteiger partial charge on any atom is 0.0593 e. The first-order chi connectivity index (χ1) is 6.07. The summed E-state index contributed by atoms with van der Waals surface area (Å²) < 4.78 is 5.26. The fraction of sp³-hybridized carbons (Fsp3) is 1.00. The van der Waals surface area contributed by atoms with Gasteiger partial charge in [-0.1, -0.05) is 0 Å². The molecular weight excluding hydrogens is 166 g/mol. The lowest BCUT2D eigenvalue weighted by Crippen LogP contribution is -2.34. The van der Waals surface area contributed by atoms with Crippen LogP contribution in [0.1, 0.15) is 27.2 Å². The Labute approximate surface area is 81.7 Å². The van der Waals surface area contributed by atoms with Gasteiger partial charge in [-0.05, 0) is 34.2 Å². The largest absolute Gasteiger partial charge is 0.393 e. The van der Waals surface area contributed by atoms with Gasteiger partial charge >= 0.3 is 0 Å². The van der Waals surface area contributed by atoms with Crippen LogP contribution in [0.2, 0.25) is 0 Å². The fourth-order valence-corrected chi connectivity index (χ4v) is 1.25. The molecule has 2 unspecified atom stereocenters. The van der Waals surface area contributed by atoms with Crippen molar-refractivity contribution in [1.29, 1.82) is 0 Å². The first-order valence-electron chi connectivity index (χ1n) is 5.04. The molecule has 0 bridgehead atoms. The highest BCUT2D eigenvalue weighted by Crippen LogP contribution is 2.03. The van der Waals surface area contributed by atoms with Crippen molar-refractivity contribution in [1.82, 2.24) is 4.90 Å². The topological polar surface area (TPSA) is 32.7 Å². The average molecular weight is 189 g/mol. The van der Waals surface area contributed by atoms with E-state index in [1.165, 1.54) is 0 Å². The van der Waals surface area contributed by atoms with Gasteiger partial charge in [-0.25, -0.2) is 0 Å². The standard InChI is InChI=1S/C10H23NO2/c1-5-13-7-6-11(4)9(2)8-10(3)12/h9-10,12H,5-8H2,1-4H3. The van der Waals surface area contributed by atoms with Crippen molar-refractivity contribution in [2.75, 3.05) is 26.8 Å². The van der Waals surface area contributed by atoms with Gasteiger partial charge in [0.1, 0.15) is 0 Å². The minimum absolute atomic E-state index is 0.218. The van der Waals surface area contributed by atoms with Crippen LogP contribution in [-0.4, -0.2) is 49.0 Å². The Morgan fingerprint density at radius 1 is 1.38 bits per heavy atom. The minimum atomic E-state index is -0.218. The van der Waals surface area contributed by atoms with E-state index in [0.717, 1.165) is 26.2 Å². The summed E-state index contributed by atoms with van der Waals surface area (Å²) in [7, 11) is 2.06. The molecule has 0 aliphatic rings. The molecular formula is C10H23NO2. The summed E-state index contributed by atoms with van der Waals surface area (Å²) in [4.78, 5) is 2.21. The molecule has 1 N–H and O–H groups in total. The molecule has 0 aromatic rings. The van der Waals surface area contributed by atoms with Crippen LogP contribution >= 0.6 is 0 Å². The minimum Gasteiger partial charge on any atom is -0.393 e. The number of hydrogen-bond donors (Lipinski definition) is 1. The van der Waals surface area contributed by atoms with E-state index >= 15 is 0 Å². The van der Waals surface area contributed by atoms with E-state index in [9.17, 15) is 5.11 Å². The molecule has 2 atom stereocenters. The second-order valence-electron chi connectivity index (χ2n) is 3.61. The van der Waals surface area contributed by atoms with Crippen molar-refractivity contribution in [3.63, 3.8) is 0 Å². The highest BCUT2D eigenvalue weighted by molar-refractivity contribution is 4.65. The zero-order valence-electron chi connectivity index (χ0n) is 9.29. The molecule has 0 amide bonds. The molecule has 0 aliphatic heterocycles. The van der Waals surface area contributed by atoms with Gasteiger partial charge in [0, 0.05) is 19.2 Å². The Balaban J connectivity index is 3.50. The second-order valence-corrected chi connectivity index (χ2v) is 3.61. The molecule has 0 aliphatic carbocycles. The quantitative estimate of drug-likeness (QED) is 0.609. The molecule has 0 saturated carbocycles. The second kappa shape index (κ2) is 7.30. The van der Waals surface area contributed by atoms with Crippen LogP contribution in [-0.2, 0) is 4.74 Å². The molecule has 0 saturated heterocycles. The third-order valence-corrected chi connectivity index (χ3v) is 2.23. The highest BCUT2D eigenvalue weighted by Gasteiger charge is 2.10. The van der Waals surface area contributed by atoms with Crippen LogP contribution in [0.5, 0.6) is 0 Å². The molecule has 3 nitrogen and oxygen atoms in total. The summed E-state index contributed by atoms with van der Waals surface area (Å²) in [5, 5.41) is 9.19. The predicted molar refractivity (Wildman–Crippen MR) is 54.9 cm³/mol. The van der Waals surface area contributed by atoms with Crippen LogP contribution < -0.4 is 0 Å². The highest BCUT2D eigenvalue weighted by atomic mass is 16.5. The van der Waals surface area contributed by atoms with Gasteiger partial charge in [0.2, 0.25) is 0 Å². The number of rotatable bonds is 7. The monoisotopic (exact) mass is 189 g/mol. The van der Waals surface area contributed by atoms with Crippen molar-refractivity contribution in [3.8, 4) is 0 Å². The third-order valence-electron chi connectivity index (χ3n) is 2.23. The van der Waals surface area contributed by atoms with Gasteiger partial charge in [0.15, 0.2) is 0 Å². The Morgan fingerprint density at radius 2 is 2.00 bits per heavy atom. The summed E-state index contributed by atoms with van der Waals surface area (Å²) in [5.74, 6) is 0. The Morgan fingerprint density at radius 3 is 2.46 bits per heavy atom. The van der Waals surface area contributed by atoms with E-state index in [-0.39, 0.29) is 6.10 Å². The summed E-state index contributed by atoms with van der Waals surface area (Å²) in [6, 6.07) is 0.417. The predicted octanol–water partition coefficient (Wildman–Crippen LogP) is 1.11. The lowest BCUT2D eigenvalue weighted by atomic mass is 10.1. The molecule has 0 heterocycles. The van der Waals surface area contributed by atoms with E-state index in [1.807, 2.05) is 13.8 Å². The molecule has 0 rings (SSSR count). The van der Waals surface area contributed by atoms with Gasteiger partial charge in [0.25, 0.3) is 0 Å². The van der Waals surface area contributed by atoms with E-state index < -0.39 is 0 Å². The van der Waals surface area contributed by atoms with Gasteiger partial charge in [-0.2, -0.15) is 0 Å². The summed E-state index contributed by atoms with van der Waals surface area (Å²) >= 11 is 0. The third kappa shape index (κ3) is 6.99. The van der Waals surface area contributed by atoms with Crippen molar-refractivity contribution in [3.05, 3.63) is 0 Å². The molecule has 80 valence electrons. The van der Waals surface area contributed by atoms with E-state index in [1.54, 1.807) is 0 Å². The molecule has 13 heavy (non-hydrogen) atoms. The average Bonchev–Trinajstić information content (AvgIpc) is 2.03. The van der Waals surface area contributed by atoms with Gasteiger partial charge in [-0.15, -0.1) is 0 Å². The van der Waals surface area contributed by atoms with Crippen LogP contribution in [0.15, 0.2) is 0 Å². The van der Waals surface area contributed by atoms with Gasteiger partial charge in [-0.3, -0.25) is 0 Å². The maximum atomic E-state index is 9.19. The molecule has 0 fully saturated rings. The number of ether oxygens (including phenoxy) is 1. The normalized spacial score (nSPS) is 16.2. The number of hydrogen-bond acceptors (Lipinski definition) is 3.